The number of esters is 1. The lowest BCUT2D eigenvalue weighted by Crippen LogP contribution is -2.35. The van der Waals surface area contributed by atoms with E-state index in [0.717, 1.165) is 9.79 Å². The number of ether oxygens (including phenoxy) is 2. The van der Waals surface area contributed by atoms with Crippen LogP contribution in [-0.2, 0) is 19.1 Å². The van der Waals surface area contributed by atoms with E-state index in [2.05, 4.69) is 10.6 Å². The molecule has 2 amide bonds. The highest BCUT2D eigenvalue weighted by Gasteiger charge is 2.12. The maximum Gasteiger partial charge on any atom is 0.325 e. The third kappa shape index (κ3) is 8.51. The Hall–Kier alpha value is -3.49. The van der Waals surface area contributed by atoms with Crippen LogP contribution in [0.2, 0.25) is 5.02 Å². The molecule has 3 aromatic rings. The average Bonchev–Trinajstić information content (AvgIpc) is 2.83. The quantitative estimate of drug-likeness (QED) is 0.419. The Morgan fingerprint density at radius 2 is 1.52 bits per heavy atom. The van der Waals surface area contributed by atoms with Crippen molar-refractivity contribution in [3.05, 3.63) is 83.9 Å². The average molecular weight is 485 g/mol. The molecule has 0 radical (unpaired) electrons. The first-order valence-electron chi connectivity index (χ1n) is 9.92. The molecule has 2 N–H and O–H groups in total. The monoisotopic (exact) mass is 484 g/mol. The van der Waals surface area contributed by atoms with Gasteiger partial charge >= 0.3 is 5.97 Å². The van der Waals surface area contributed by atoms with Crippen molar-refractivity contribution in [2.75, 3.05) is 25.1 Å². The fourth-order valence-electron chi connectivity index (χ4n) is 2.56. The Morgan fingerprint density at radius 3 is 2.27 bits per heavy atom. The summed E-state index contributed by atoms with van der Waals surface area (Å²) in [7, 11) is 0. The van der Waals surface area contributed by atoms with Crippen molar-refractivity contribution in [1.29, 1.82) is 0 Å². The van der Waals surface area contributed by atoms with Crippen LogP contribution in [0.25, 0.3) is 0 Å². The first kappa shape index (κ1) is 24.2. The summed E-state index contributed by atoms with van der Waals surface area (Å²) < 4.78 is 10.2. The minimum Gasteiger partial charge on any atom is -0.484 e. The zero-order valence-electron chi connectivity index (χ0n) is 17.5. The van der Waals surface area contributed by atoms with Gasteiger partial charge in [-0.25, -0.2) is 0 Å². The zero-order valence-corrected chi connectivity index (χ0v) is 19.0. The van der Waals surface area contributed by atoms with Gasteiger partial charge in [-0.3, -0.25) is 14.4 Å². The molecule has 0 heterocycles. The smallest absolute Gasteiger partial charge is 0.325 e. The SMILES string of the molecule is O=C(COc1ccccc1)NCC(=O)OCC(=O)Nc1ccccc1Sc1ccc(Cl)cc1. The van der Waals surface area contributed by atoms with Crippen LogP contribution >= 0.6 is 23.4 Å². The van der Waals surface area contributed by atoms with Gasteiger partial charge in [0.2, 0.25) is 0 Å². The Morgan fingerprint density at radius 1 is 0.818 bits per heavy atom. The van der Waals surface area contributed by atoms with Gasteiger partial charge in [-0.2, -0.15) is 0 Å². The van der Waals surface area contributed by atoms with Crippen LogP contribution in [0.3, 0.4) is 0 Å². The molecule has 0 bridgehead atoms. The molecule has 3 aromatic carbocycles. The molecule has 0 fully saturated rings. The third-order valence-electron chi connectivity index (χ3n) is 4.11. The van der Waals surface area contributed by atoms with Gasteiger partial charge < -0.3 is 20.1 Å². The molecule has 170 valence electrons. The number of halogens is 1. The van der Waals surface area contributed by atoms with Crippen molar-refractivity contribution < 1.29 is 23.9 Å². The summed E-state index contributed by atoms with van der Waals surface area (Å²) in [6, 6.07) is 23.4. The number of rotatable bonds is 10. The lowest BCUT2D eigenvalue weighted by atomic mass is 10.3. The van der Waals surface area contributed by atoms with E-state index in [9.17, 15) is 14.4 Å². The zero-order chi connectivity index (χ0) is 23.5. The second kappa shape index (κ2) is 12.5. The van der Waals surface area contributed by atoms with Gasteiger partial charge in [0.25, 0.3) is 11.8 Å². The van der Waals surface area contributed by atoms with E-state index in [0.29, 0.717) is 16.5 Å². The molecule has 7 nitrogen and oxygen atoms in total. The molecule has 0 unspecified atom stereocenters. The maximum absolute atomic E-state index is 12.2. The molecule has 9 heteroatoms. The lowest BCUT2D eigenvalue weighted by molar-refractivity contribution is -0.147. The van der Waals surface area contributed by atoms with Crippen molar-refractivity contribution in [2.24, 2.45) is 0 Å². The van der Waals surface area contributed by atoms with Crippen molar-refractivity contribution in [1.82, 2.24) is 5.32 Å². The highest BCUT2D eigenvalue weighted by molar-refractivity contribution is 7.99. The second-order valence-corrected chi connectivity index (χ2v) is 8.19. The lowest BCUT2D eigenvalue weighted by Gasteiger charge is -2.11. The topological polar surface area (TPSA) is 93.7 Å². The van der Waals surface area contributed by atoms with E-state index in [1.165, 1.54) is 11.8 Å². The van der Waals surface area contributed by atoms with E-state index in [1.807, 2.05) is 30.3 Å². The first-order chi connectivity index (χ1) is 16.0. The van der Waals surface area contributed by atoms with Crippen molar-refractivity contribution >= 4 is 46.8 Å². The largest absolute Gasteiger partial charge is 0.484 e. The standard InChI is InChI=1S/C24H21ClN2O5S/c25-17-10-12-19(13-11-17)33-21-9-5-4-8-20(21)27-23(29)16-32-24(30)14-26-22(28)15-31-18-6-2-1-3-7-18/h1-13H,14-16H2,(H,26,28)(H,27,29). The van der Waals surface area contributed by atoms with E-state index in [-0.39, 0.29) is 13.2 Å². The Labute approximate surface area is 200 Å². The number of anilines is 1. The summed E-state index contributed by atoms with van der Waals surface area (Å²) >= 11 is 7.38. The number of amides is 2. The molecule has 0 aliphatic carbocycles. The molecule has 0 spiro atoms. The summed E-state index contributed by atoms with van der Waals surface area (Å²) in [6.45, 7) is -1.08. The van der Waals surface area contributed by atoms with Crippen LogP contribution in [0, 0.1) is 0 Å². The van der Waals surface area contributed by atoms with E-state index in [4.69, 9.17) is 21.1 Å². The van der Waals surface area contributed by atoms with Crippen LogP contribution in [0.15, 0.2) is 88.7 Å². The minimum atomic E-state index is -0.734. The predicted molar refractivity (Wildman–Crippen MR) is 127 cm³/mol. The molecule has 0 aromatic heterocycles. The molecular formula is C24H21ClN2O5S. The number of hydrogen-bond acceptors (Lipinski definition) is 6. The molecule has 0 aliphatic heterocycles. The van der Waals surface area contributed by atoms with Crippen molar-refractivity contribution in [3.8, 4) is 5.75 Å². The summed E-state index contributed by atoms with van der Waals surface area (Å²) in [5, 5.41) is 5.76. The number of nitrogens with one attached hydrogen (secondary N) is 2. The molecule has 0 saturated carbocycles. The van der Waals surface area contributed by atoms with Crippen molar-refractivity contribution in [2.45, 2.75) is 9.79 Å². The molecule has 0 atom stereocenters. The van der Waals surface area contributed by atoms with E-state index >= 15 is 0 Å². The predicted octanol–water partition coefficient (Wildman–Crippen LogP) is 4.17. The first-order valence-corrected chi connectivity index (χ1v) is 11.1. The molecule has 33 heavy (non-hydrogen) atoms. The van der Waals surface area contributed by atoms with Gasteiger partial charge in [0, 0.05) is 14.8 Å². The maximum atomic E-state index is 12.2. The molecule has 0 aliphatic rings. The van der Waals surface area contributed by atoms with Crippen LogP contribution in [0.5, 0.6) is 5.75 Å². The Balaban J connectivity index is 1.40. The highest BCUT2D eigenvalue weighted by atomic mass is 35.5. The normalized spacial score (nSPS) is 10.2. The Kier molecular flexibility index (Phi) is 9.17. The van der Waals surface area contributed by atoms with Gasteiger partial charge in [-0.15, -0.1) is 0 Å². The molecule has 3 rings (SSSR count). The summed E-state index contributed by atoms with van der Waals surface area (Å²) in [5.41, 5.74) is 0.588. The number of carbonyl (C=O) groups is 3. The van der Waals surface area contributed by atoms with Gasteiger partial charge in [-0.05, 0) is 48.5 Å². The number of benzene rings is 3. The van der Waals surface area contributed by atoms with Gasteiger partial charge in [0.1, 0.15) is 12.3 Å². The van der Waals surface area contributed by atoms with Crippen molar-refractivity contribution in [3.63, 3.8) is 0 Å². The minimum absolute atomic E-state index is 0.236. The van der Waals surface area contributed by atoms with Gasteiger partial charge in [0.05, 0.1) is 5.69 Å². The fourth-order valence-corrected chi connectivity index (χ4v) is 3.59. The summed E-state index contributed by atoms with van der Waals surface area (Å²) in [6.07, 6.45) is 0. The van der Waals surface area contributed by atoms with Crippen LogP contribution in [-0.4, -0.2) is 37.5 Å². The van der Waals surface area contributed by atoms with Gasteiger partial charge in [0.15, 0.2) is 13.2 Å². The highest BCUT2D eigenvalue weighted by Crippen LogP contribution is 2.33. The number of carbonyl (C=O) groups excluding carboxylic acids is 3. The summed E-state index contributed by atoms with van der Waals surface area (Å²) in [5.74, 6) is -1.16. The fraction of sp³-hybridized carbons (Fsp3) is 0.125. The number of para-hydroxylation sites is 2. The molecular weight excluding hydrogens is 464 g/mol. The van der Waals surface area contributed by atoms with Crippen LogP contribution in [0.1, 0.15) is 0 Å². The summed E-state index contributed by atoms with van der Waals surface area (Å²) in [4.78, 5) is 37.6. The van der Waals surface area contributed by atoms with E-state index in [1.54, 1.807) is 48.5 Å². The van der Waals surface area contributed by atoms with Gasteiger partial charge in [-0.1, -0.05) is 53.7 Å². The second-order valence-electron chi connectivity index (χ2n) is 6.64. The van der Waals surface area contributed by atoms with Crippen LogP contribution < -0.4 is 15.4 Å². The number of hydrogen-bond donors (Lipinski definition) is 2. The molecule has 0 saturated heterocycles. The van der Waals surface area contributed by atoms with Crippen LogP contribution in [0.4, 0.5) is 5.69 Å². The Bertz CT molecular complexity index is 1090. The third-order valence-corrected chi connectivity index (χ3v) is 5.45. The van der Waals surface area contributed by atoms with E-state index < -0.39 is 24.4 Å².